The van der Waals surface area contributed by atoms with E-state index in [2.05, 4.69) is 36.3 Å². The third-order valence-electron chi connectivity index (χ3n) is 7.70. The molecule has 0 unspecified atom stereocenters. The number of aliphatic imine (C=N–C) groups is 2. The molecule has 0 spiro atoms. The maximum Gasteiger partial charge on any atom is 0.160 e. The quantitative estimate of drug-likeness (QED) is 0.127. The lowest BCUT2D eigenvalue weighted by Gasteiger charge is -2.33. The van der Waals surface area contributed by atoms with Gasteiger partial charge in [0, 0.05) is 22.9 Å². The fourth-order valence-corrected chi connectivity index (χ4v) is 5.39. The van der Waals surface area contributed by atoms with Gasteiger partial charge in [-0.2, -0.15) is 0 Å². The minimum atomic E-state index is 0.551. The second-order valence-corrected chi connectivity index (χ2v) is 10.8. The number of para-hydroxylation sites is 3. The van der Waals surface area contributed by atoms with Crippen LogP contribution in [0.2, 0.25) is 0 Å². The zero-order valence-electron chi connectivity index (χ0n) is 25.7. The molecule has 1 heterocycles. The van der Waals surface area contributed by atoms with Crippen molar-refractivity contribution in [3.05, 3.63) is 194 Å². The summed E-state index contributed by atoms with van der Waals surface area (Å²) in [6.45, 7) is 8.25. The lowest BCUT2D eigenvalue weighted by molar-refractivity contribution is 0.457. The molecule has 5 nitrogen and oxygen atoms in total. The van der Waals surface area contributed by atoms with E-state index < -0.39 is 0 Å². The first-order valence-electron chi connectivity index (χ1n) is 15.3. The molecule has 6 aromatic carbocycles. The predicted molar refractivity (Wildman–Crippen MR) is 193 cm³/mol. The molecule has 0 saturated heterocycles. The van der Waals surface area contributed by atoms with Crippen molar-refractivity contribution in [1.82, 2.24) is 0 Å². The van der Waals surface area contributed by atoms with Crippen LogP contribution >= 0.6 is 0 Å². The molecule has 0 aromatic heterocycles. The second kappa shape index (κ2) is 13.3. The molecular weight excluding hydrogens is 578 g/mol. The highest BCUT2D eigenvalue weighted by atomic mass is 16.5. The summed E-state index contributed by atoms with van der Waals surface area (Å²) in [5, 5.41) is 0. The number of rotatable bonds is 8. The van der Waals surface area contributed by atoms with E-state index in [0.29, 0.717) is 28.8 Å². The summed E-state index contributed by atoms with van der Waals surface area (Å²) in [6.07, 6.45) is 1.74. The van der Waals surface area contributed by atoms with Gasteiger partial charge in [-0.15, -0.1) is 0 Å². The molecule has 0 amide bonds. The first-order valence-corrected chi connectivity index (χ1v) is 15.3. The van der Waals surface area contributed by atoms with E-state index in [1.807, 2.05) is 140 Å². The van der Waals surface area contributed by atoms with E-state index in [9.17, 15) is 0 Å². The number of nitrogens with zero attached hydrogens (tertiary/aromatic N) is 3. The van der Waals surface area contributed by atoms with Crippen LogP contribution in [-0.2, 0) is 0 Å². The summed E-state index contributed by atoms with van der Waals surface area (Å²) >= 11 is 0. The molecule has 7 rings (SSSR count). The van der Waals surface area contributed by atoms with E-state index in [1.165, 1.54) is 0 Å². The average molecular weight is 610 g/mol. The van der Waals surface area contributed by atoms with Gasteiger partial charge in [0.15, 0.2) is 17.3 Å². The van der Waals surface area contributed by atoms with Crippen LogP contribution in [0, 0.1) is 0 Å². The summed E-state index contributed by atoms with van der Waals surface area (Å²) in [5.74, 6) is 3.40. The van der Waals surface area contributed by atoms with Crippen LogP contribution in [0.4, 0.5) is 17.1 Å². The molecule has 0 bridgehead atoms. The number of hydrogen-bond donors (Lipinski definition) is 0. The highest BCUT2D eigenvalue weighted by Gasteiger charge is 2.26. The lowest BCUT2D eigenvalue weighted by atomic mass is 10.1. The van der Waals surface area contributed by atoms with Crippen molar-refractivity contribution in [1.29, 1.82) is 0 Å². The van der Waals surface area contributed by atoms with Gasteiger partial charge >= 0.3 is 0 Å². The van der Waals surface area contributed by atoms with Crippen molar-refractivity contribution in [2.45, 2.75) is 0 Å². The Balaban J connectivity index is 1.14. The van der Waals surface area contributed by atoms with Crippen molar-refractivity contribution in [2.75, 3.05) is 4.90 Å². The smallest absolute Gasteiger partial charge is 0.160 e. The topological polar surface area (TPSA) is 46.4 Å². The largest absolute Gasteiger partial charge is 0.457 e. The molecule has 0 atom stereocenters. The molecule has 6 aromatic rings. The van der Waals surface area contributed by atoms with Crippen LogP contribution < -0.4 is 14.4 Å². The van der Waals surface area contributed by atoms with Gasteiger partial charge in [-0.05, 0) is 72.3 Å². The molecule has 0 N–H and O–H groups in total. The Bertz CT molecular complexity index is 2100. The summed E-state index contributed by atoms with van der Waals surface area (Å²) < 4.78 is 12.6. The molecule has 1 aliphatic heterocycles. The van der Waals surface area contributed by atoms with Crippen LogP contribution in [0.1, 0.15) is 16.7 Å². The maximum atomic E-state index is 6.33. The van der Waals surface area contributed by atoms with Gasteiger partial charge in [0.05, 0.1) is 22.8 Å². The molecule has 0 radical (unpaired) electrons. The third kappa shape index (κ3) is 6.37. The highest BCUT2D eigenvalue weighted by Crippen LogP contribution is 2.51. The van der Waals surface area contributed by atoms with E-state index >= 15 is 0 Å². The van der Waals surface area contributed by atoms with Crippen molar-refractivity contribution in [3.63, 3.8) is 0 Å². The van der Waals surface area contributed by atoms with E-state index in [4.69, 9.17) is 19.5 Å². The molecular formula is C42H31N3O2. The van der Waals surface area contributed by atoms with Gasteiger partial charge in [-0.1, -0.05) is 104 Å². The van der Waals surface area contributed by atoms with Crippen LogP contribution in [-0.4, -0.2) is 11.5 Å². The number of benzene rings is 6. The number of ether oxygens (including phenoxy) is 2. The molecule has 47 heavy (non-hydrogen) atoms. The van der Waals surface area contributed by atoms with Gasteiger partial charge in [0.1, 0.15) is 11.5 Å². The van der Waals surface area contributed by atoms with Gasteiger partial charge < -0.3 is 14.4 Å². The number of anilines is 3. The van der Waals surface area contributed by atoms with Gasteiger partial charge in [-0.3, -0.25) is 0 Å². The van der Waals surface area contributed by atoms with Gasteiger partial charge in [-0.25, -0.2) is 9.98 Å². The third-order valence-corrected chi connectivity index (χ3v) is 7.70. The Labute approximate surface area is 274 Å². The number of fused-ring (bicyclic) bond motifs is 2. The molecule has 0 fully saturated rings. The Hall–Kier alpha value is -6.46. The van der Waals surface area contributed by atoms with E-state index in [1.54, 1.807) is 6.08 Å². The van der Waals surface area contributed by atoms with Crippen molar-refractivity contribution < 1.29 is 9.47 Å². The number of allylic oxidation sites excluding steroid dienone is 1. The summed E-state index contributed by atoms with van der Waals surface area (Å²) in [5.41, 5.74) is 6.99. The Morgan fingerprint density at radius 2 is 1.17 bits per heavy atom. The Kier molecular flexibility index (Phi) is 8.26. The lowest BCUT2D eigenvalue weighted by Crippen LogP contribution is -2.15. The second-order valence-electron chi connectivity index (χ2n) is 10.8. The molecule has 1 aliphatic rings. The van der Waals surface area contributed by atoms with E-state index in [-0.39, 0.29) is 0 Å². The average Bonchev–Trinajstić information content (AvgIpc) is 3.13. The maximum absolute atomic E-state index is 6.33. The Morgan fingerprint density at radius 3 is 1.87 bits per heavy atom. The standard InChI is InChI=1S/C42H31N3O2/c1-3-37(32-15-7-4-8-16-32)44-42(33-17-9-5-10-18-33)43-30(2)31-23-25-35(26-24-31)46-36-27-28-39-41(29-36)47-40-22-14-13-21-38(40)45(39)34-19-11-6-12-20-34/h3-29H,1-2H2. The van der Waals surface area contributed by atoms with Crippen molar-refractivity contribution in [2.24, 2.45) is 9.98 Å². The monoisotopic (exact) mass is 609 g/mol. The van der Waals surface area contributed by atoms with Crippen LogP contribution in [0.5, 0.6) is 23.0 Å². The van der Waals surface area contributed by atoms with Crippen LogP contribution in [0.25, 0.3) is 5.70 Å². The Morgan fingerprint density at radius 1 is 0.574 bits per heavy atom. The first-order chi connectivity index (χ1) is 23.2. The van der Waals surface area contributed by atoms with Gasteiger partial charge in [0.25, 0.3) is 0 Å². The fraction of sp³-hybridized carbons (Fsp3) is 0. The zero-order chi connectivity index (χ0) is 32.0. The van der Waals surface area contributed by atoms with Crippen molar-refractivity contribution >= 4 is 34.3 Å². The number of amidine groups is 1. The minimum absolute atomic E-state index is 0.551. The molecule has 0 saturated carbocycles. The van der Waals surface area contributed by atoms with Crippen molar-refractivity contribution in [3.8, 4) is 23.0 Å². The SMILES string of the molecule is C=CC(=NC(=NC(=C)c1ccc(Oc2ccc3c(c2)Oc2ccccc2N3c2ccccc2)cc1)c1ccccc1)c1ccccc1. The van der Waals surface area contributed by atoms with E-state index in [0.717, 1.165) is 45.2 Å². The minimum Gasteiger partial charge on any atom is -0.457 e. The molecule has 5 heteroatoms. The normalized spacial score (nSPS) is 12.4. The zero-order valence-corrected chi connectivity index (χ0v) is 25.7. The predicted octanol–water partition coefficient (Wildman–Crippen LogP) is 11.1. The molecule has 0 aliphatic carbocycles. The summed E-state index contributed by atoms with van der Waals surface area (Å²) in [7, 11) is 0. The van der Waals surface area contributed by atoms with Gasteiger partial charge in [0.2, 0.25) is 0 Å². The highest BCUT2D eigenvalue weighted by molar-refractivity contribution is 6.17. The summed E-state index contributed by atoms with van der Waals surface area (Å²) in [6, 6.07) is 51.7. The molecule has 226 valence electrons. The number of hydrogen-bond acceptors (Lipinski definition) is 4. The fourth-order valence-electron chi connectivity index (χ4n) is 5.39. The first kappa shape index (κ1) is 29.3. The van der Waals surface area contributed by atoms with Crippen LogP contribution in [0.3, 0.4) is 0 Å². The van der Waals surface area contributed by atoms with Crippen LogP contribution in [0.15, 0.2) is 187 Å². The summed E-state index contributed by atoms with van der Waals surface area (Å²) in [4.78, 5) is 12.0.